The molecule has 3 N–H and O–H groups in total. The van der Waals surface area contributed by atoms with Gasteiger partial charge in [-0.25, -0.2) is 8.78 Å². The van der Waals surface area contributed by atoms with Crippen LogP contribution >= 0.6 is 0 Å². The fraction of sp³-hybridized carbons (Fsp3) is 0.533. The highest BCUT2D eigenvalue weighted by Crippen LogP contribution is 2.19. The predicted octanol–water partition coefficient (Wildman–Crippen LogP) is 1.89. The number of rotatable bonds is 6. The van der Waals surface area contributed by atoms with Crippen molar-refractivity contribution in [3.8, 4) is 0 Å². The molecule has 1 amide bonds. The lowest BCUT2D eigenvalue weighted by Gasteiger charge is -2.20. The first-order valence-corrected chi connectivity index (χ1v) is 6.84. The number of benzene rings is 1. The maximum atomic E-state index is 13.4. The van der Waals surface area contributed by atoms with E-state index in [2.05, 4.69) is 10.6 Å². The smallest absolute Gasteiger partial charge is 0.221 e. The quantitative estimate of drug-likeness (QED) is 0.703. The van der Waals surface area contributed by atoms with Gasteiger partial charge in [-0.2, -0.15) is 0 Å². The van der Waals surface area contributed by atoms with Crippen LogP contribution in [0.2, 0.25) is 0 Å². The van der Waals surface area contributed by atoms with Gasteiger partial charge < -0.3 is 15.7 Å². The van der Waals surface area contributed by atoms with Crippen LogP contribution < -0.4 is 10.6 Å². The molecule has 0 radical (unpaired) electrons. The summed E-state index contributed by atoms with van der Waals surface area (Å²) in [5, 5.41) is 15.4. The van der Waals surface area contributed by atoms with Crippen molar-refractivity contribution in [3.05, 3.63) is 35.4 Å². The van der Waals surface area contributed by atoms with Crippen molar-refractivity contribution in [2.45, 2.75) is 38.8 Å². The first kappa shape index (κ1) is 17.5. The minimum absolute atomic E-state index is 0.0271. The van der Waals surface area contributed by atoms with Gasteiger partial charge in [-0.15, -0.1) is 0 Å². The molecule has 0 saturated heterocycles. The number of carbonyl (C=O) groups is 1. The molecule has 0 aliphatic rings. The zero-order valence-corrected chi connectivity index (χ0v) is 12.5. The third-order valence-electron chi connectivity index (χ3n) is 2.71. The molecule has 1 aromatic carbocycles. The van der Waals surface area contributed by atoms with Crippen LogP contribution in [-0.4, -0.2) is 29.6 Å². The minimum atomic E-state index is -1.29. The van der Waals surface area contributed by atoms with Crippen molar-refractivity contribution >= 4 is 5.91 Å². The van der Waals surface area contributed by atoms with Crippen LogP contribution in [0.1, 0.15) is 38.9 Å². The van der Waals surface area contributed by atoms with Crippen molar-refractivity contribution in [3.63, 3.8) is 0 Å². The van der Waals surface area contributed by atoms with Crippen molar-refractivity contribution < 1.29 is 18.7 Å². The summed E-state index contributed by atoms with van der Waals surface area (Å²) in [5.41, 5.74) is -0.656. The Bertz CT molecular complexity index is 467. The average Bonchev–Trinajstić information content (AvgIpc) is 2.32. The Hall–Kier alpha value is -1.53. The van der Waals surface area contributed by atoms with Crippen LogP contribution in [0.4, 0.5) is 8.78 Å². The van der Waals surface area contributed by atoms with E-state index in [1.807, 2.05) is 20.8 Å². The van der Waals surface area contributed by atoms with Crippen LogP contribution in [0.3, 0.4) is 0 Å². The zero-order chi connectivity index (χ0) is 16.0. The van der Waals surface area contributed by atoms with Crippen LogP contribution in [0.15, 0.2) is 18.2 Å². The summed E-state index contributed by atoms with van der Waals surface area (Å²) in [6.07, 6.45) is -1.07. The van der Waals surface area contributed by atoms with Crippen LogP contribution in [0.25, 0.3) is 0 Å². The number of halogens is 2. The normalized spacial score (nSPS) is 13.0. The van der Waals surface area contributed by atoms with Crippen molar-refractivity contribution in [1.82, 2.24) is 10.6 Å². The zero-order valence-electron chi connectivity index (χ0n) is 12.5. The highest BCUT2D eigenvalue weighted by atomic mass is 19.1. The fourth-order valence-corrected chi connectivity index (χ4v) is 1.85. The topological polar surface area (TPSA) is 61.4 Å². The molecule has 1 unspecified atom stereocenters. The van der Waals surface area contributed by atoms with Crippen molar-refractivity contribution in [2.75, 3.05) is 13.1 Å². The van der Waals surface area contributed by atoms with Crippen molar-refractivity contribution in [1.29, 1.82) is 0 Å². The molecule has 0 aromatic heterocycles. The maximum Gasteiger partial charge on any atom is 0.221 e. The van der Waals surface area contributed by atoms with Gasteiger partial charge in [0.15, 0.2) is 0 Å². The van der Waals surface area contributed by atoms with Crippen LogP contribution in [0, 0.1) is 11.6 Å². The molecule has 0 aliphatic heterocycles. The van der Waals surface area contributed by atoms with E-state index < -0.39 is 17.7 Å². The van der Waals surface area contributed by atoms with Gasteiger partial charge in [0.2, 0.25) is 5.91 Å². The van der Waals surface area contributed by atoms with E-state index in [0.29, 0.717) is 6.54 Å². The molecule has 1 rings (SSSR count). The maximum absolute atomic E-state index is 13.4. The largest absolute Gasteiger partial charge is 0.387 e. The molecule has 0 bridgehead atoms. The molecule has 21 heavy (non-hydrogen) atoms. The SMILES string of the molecule is CC(C)(C)NC(=O)CCNCC(O)c1c(F)cccc1F. The van der Waals surface area contributed by atoms with E-state index in [1.165, 1.54) is 6.07 Å². The number of hydrogen-bond donors (Lipinski definition) is 3. The second kappa shape index (κ2) is 7.47. The van der Waals surface area contributed by atoms with Gasteiger partial charge in [-0.05, 0) is 32.9 Å². The predicted molar refractivity (Wildman–Crippen MR) is 76.7 cm³/mol. The Morgan fingerprint density at radius 1 is 1.29 bits per heavy atom. The van der Waals surface area contributed by atoms with Gasteiger partial charge in [-0.1, -0.05) is 6.07 Å². The average molecular weight is 300 g/mol. The summed E-state index contributed by atoms with van der Waals surface area (Å²) in [7, 11) is 0. The van der Waals surface area contributed by atoms with Crippen LogP contribution in [-0.2, 0) is 4.79 Å². The van der Waals surface area contributed by atoms with Crippen molar-refractivity contribution in [2.24, 2.45) is 0 Å². The molecule has 0 aliphatic carbocycles. The van der Waals surface area contributed by atoms with E-state index in [9.17, 15) is 18.7 Å². The lowest BCUT2D eigenvalue weighted by molar-refractivity contribution is -0.122. The molecule has 0 saturated carbocycles. The number of hydrogen-bond acceptors (Lipinski definition) is 3. The first-order valence-electron chi connectivity index (χ1n) is 6.84. The van der Waals surface area contributed by atoms with E-state index in [0.717, 1.165) is 12.1 Å². The molecule has 1 atom stereocenters. The van der Waals surface area contributed by atoms with Crippen LogP contribution in [0.5, 0.6) is 0 Å². The monoisotopic (exact) mass is 300 g/mol. The third-order valence-corrected chi connectivity index (χ3v) is 2.71. The molecular weight excluding hydrogens is 278 g/mol. The molecule has 0 spiro atoms. The van der Waals surface area contributed by atoms with E-state index in [1.54, 1.807) is 0 Å². The second-order valence-electron chi connectivity index (χ2n) is 5.90. The number of aliphatic hydroxyl groups is 1. The lowest BCUT2D eigenvalue weighted by atomic mass is 10.1. The van der Waals surface area contributed by atoms with Gasteiger partial charge in [-0.3, -0.25) is 4.79 Å². The standard InChI is InChI=1S/C15H22F2N2O2/c1-15(2,3)19-13(21)7-8-18-9-12(20)14-10(16)5-4-6-11(14)17/h4-6,12,18,20H,7-9H2,1-3H3,(H,19,21). The molecule has 0 fully saturated rings. The molecule has 6 heteroatoms. The van der Waals surface area contributed by atoms with Gasteiger partial charge in [0.25, 0.3) is 0 Å². The Morgan fingerprint density at radius 2 is 1.86 bits per heavy atom. The number of aliphatic hydroxyl groups excluding tert-OH is 1. The summed E-state index contributed by atoms with van der Waals surface area (Å²) in [6.45, 7) is 5.92. The number of carbonyl (C=O) groups excluding carboxylic acids is 1. The lowest BCUT2D eigenvalue weighted by Crippen LogP contribution is -2.41. The highest BCUT2D eigenvalue weighted by Gasteiger charge is 2.17. The van der Waals surface area contributed by atoms with Gasteiger partial charge in [0.1, 0.15) is 11.6 Å². The van der Waals surface area contributed by atoms with E-state index in [-0.39, 0.29) is 30.0 Å². The Labute approximate surface area is 123 Å². The van der Waals surface area contributed by atoms with Gasteiger partial charge in [0, 0.05) is 25.0 Å². The summed E-state index contributed by atoms with van der Waals surface area (Å²) in [4.78, 5) is 11.5. The molecule has 4 nitrogen and oxygen atoms in total. The molecule has 118 valence electrons. The summed E-state index contributed by atoms with van der Waals surface area (Å²) >= 11 is 0. The fourth-order valence-electron chi connectivity index (χ4n) is 1.85. The minimum Gasteiger partial charge on any atom is -0.387 e. The first-order chi connectivity index (χ1) is 9.70. The number of nitrogens with one attached hydrogen (secondary N) is 2. The van der Waals surface area contributed by atoms with Gasteiger partial charge >= 0.3 is 0 Å². The second-order valence-corrected chi connectivity index (χ2v) is 5.90. The number of amides is 1. The molecule has 0 heterocycles. The van der Waals surface area contributed by atoms with Gasteiger partial charge in [0.05, 0.1) is 11.7 Å². The summed E-state index contributed by atoms with van der Waals surface area (Å²) in [5.74, 6) is -1.69. The molecular formula is C15H22F2N2O2. The Kier molecular flexibility index (Phi) is 6.23. The van der Waals surface area contributed by atoms with E-state index in [4.69, 9.17) is 0 Å². The van der Waals surface area contributed by atoms with E-state index >= 15 is 0 Å². The Balaban J connectivity index is 2.38. The molecule has 1 aromatic rings. The third kappa shape index (κ3) is 6.18. The summed E-state index contributed by atoms with van der Waals surface area (Å²) in [6, 6.07) is 3.43. The summed E-state index contributed by atoms with van der Waals surface area (Å²) < 4.78 is 26.9. The Morgan fingerprint density at radius 3 is 2.38 bits per heavy atom. The highest BCUT2D eigenvalue weighted by molar-refractivity contribution is 5.76.